The molecular weight excluding hydrogens is 194 g/mol. The molecule has 0 amide bonds. The Labute approximate surface area is 91.1 Å². The monoisotopic (exact) mass is 215 g/mol. The van der Waals surface area contributed by atoms with Crippen molar-refractivity contribution in [2.75, 3.05) is 18.6 Å². The minimum atomic E-state index is -0.0793. The minimum absolute atomic E-state index is 0.0793. The molecule has 0 bridgehead atoms. The Morgan fingerprint density at radius 2 is 2.14 bits per heavy atom. The van der Waals surface area contributed by atoms with Crippen LogP contribution in [0.3, 0.4) is 0 Å². The van der Waals surface area contributed by atoms with Crippen LogP contribution in [0, 0.1) is 0 Å². The van der Waals surface area contributed by atoms with Gasteiger partial charge < -0.3 is 10.6 Å². The first-order chi connectivity index (χ1) is 6.40. The number of aliphatic imine (C=N–C) groups is 1. The van der Waals surface area contributed by atoms with Gasteiger partial charge in [0.1, 0.15) is 0 Å². The maximum atomic E-state index is 5.95. The molecule has 0 aliphatic carbocycles. The molecule has 1 aliphatic heterocycles. The van der Waals surface area contributed by atoms with E-state index in [-0.39, 0.29) is 5.54 Å². The van der Waals surface area contributed by atoms with E-state index >= 15 is 0 Å². The van der Waals surface area contributed by atoms with Crippen molar-refractivity contribution >= 4 is 17.7 Å². The third-order valence-corrected chi connectivity index (χ3v) is 3.41. The molecule has 0 saturated carbocycles. The van der Waals surface area contributed by atoms with E-state index in [1.165, 1.54) is 17.9 Å². The first-order valence-corrected chi connectivity index (χ1v) is 6.21. The second-order valence-corrected chi connectivity index (χ2v) is 5.92. The van der Waals surface area contributed by atoms with Gasteiger partial charge >= 0.3 is 0 Å². The highest BCUT2D eigenvalue weighted by molar-refractivity contribution is 7.99. The Hall–Kier alpha value is -0.380. The van der Waals surface area contributed by atoms with Crippen LogP contribution in [-0.4, -0.2) is 41.0 Å². The third-order valence-electron chi connectivity index (χ3n) is 2.26. The quantitative estimate of drug-likeness (QED) is 0.533. The molecule has 1 rings (SSSR count). The Morgan fingerprint density at radius 1 is 1.50 bits per heavy atom. The molecule has 1 aliphatic rings. The molecule has 82 valence electrons. The summed E-state index contributed by atoms with van der Waals surface area (Å²) in [6.45, 7) is 6.20. The van der Waals surface area contributed by atoms with Gasteiger partial charge in [0, 0.05) is 18.8 Å². The zero-order chi connectivity index (χ0) is 10.8. The van der Waals surface area contributed by atoms with Crippen molar-refractivity contribution in [3.05, 3.63) is 0 Å². The van der Waals surface area contributed by atoms with Gasteiger partial charge in [0.2, 0.25) is 0 Å². The summed E-state index contributed by atoms with van der Waals surface area (Å²) in [6, 6.07) is 0.575. The van der Waals surface area contributed by atoms with E-state index in [2.05, 4.69) is 30.7 Å². The number of thioether (sulfide) groups is 1. The molecule has 1 fully saturated rings. The van der Waals surface area contributed by atoms with E-state index < -0.39 is 0 Å². The highest BCUT2D eigenvalue weighted by Gasteiger charge is 2.22. The number of nitrogens with two attached hydrogens (primary N) is 1. The summed E-state index contributed by atoms with van der Waals surface area (Å²) < 4.78 is 0. The predicted molar refractivity (Wildman–Crippen MR) is 64.9 cm³/mol. The lowest BCUT2D eigenvalue weighted by atomic mass is 10.1. The van der Waals surface area contributed by atoms with Gasteiger partial charge in [-0.15, -0.1) is 0 Å². The van der Waals surface area contributed by atoms with Crippen LogP contribution in [0.2, 0.25) is 0 Å². The predicted octanol–water partition coefficient (Wildman–Crippen LogP) is 1.54. The van der Waals surface area contributed by atoms with Crippen molar-refractivity contribution in [3.8, 4) is 0 Å². The molecule has 4 heteroatoms. The van der Waals surface area contributed by atoms with Crippen LogP contribution >= 0.6 is 11.8 Å². The van der Waals surface area contributed by atoms with Gasteiger partial charge in [-0.1, -0.05) is 0 Å². The lowest BCUT2D eigenvalue weighted by Gasteiger charge is -2.26. The summed E-state index contributed by atoms with van der Waals surface area (Å²) in [5.41, 5.74) is 5.87. The summed E-state index contributed by atoms with van der Waals surface area (Å²) in [4.78, 5) is 6.58. The van der Waals surface area contributed by atoms with Crippen LogP contribution in [0.25, 0.3) is 0 Å². The molecule has 0 aromatic heterocycles. The Kier molecular flexibility index (Phi) is 3.70. The molecule has 1 heterocycles. The summed E-state index contributed by atoms with van der Waals surface area (Å²) in [6.07, 6.45) is 1.22. The van der Waals surface area contributed by atoms with Crippen LogP contribution in [0.1, 0.15) is 27.2 Å². The highest BCUT2D eigenvalue weighted by Crippen LogP contribution is 2.21. The van der Waals surface area contributed by atoms with E-state index in [4.69, 9.17) is 5.73 Å². The third kappa shape index (κ3) is 3.40. The fraction of sp³-hybridized carbons (Fsp3) is 0.900. The molecule has 2 N–H and O–H groups in total. The van der Waals surface area contributed by atoms with Crippen molar-refractivity contribution in [2.45, 2.75) is 38.8 Å². The molecule has 1 atom stereocenters. The lowest BCUT2D eigenvalue weighted by molar-refractivity contribution is 0.386. The largest absolute Gasteiger partial charge is 0.370 e. The molecule has 0 aromatic carbocycles. The number of hydrogen-bond acceptors (Lipinski definition) is 2. The van der Waals surface area contributed by atoms with E-state index in [1.807, 2.05) is 18.8 Å². The molecule has 0 radical (unpaired) electrons. The molecule has 1 unspecified atom stereocenters. The average molecular weight is 215 g/mol. The van der Waals surface area contributed by atoms with Gasteiger partial charge in [-0.25, -0.2) is 4.99 Å². The van der Waals surface area contributed by atoms with E-state index in [0.717, 1.165) is 0 Å². The Bertz CT molecular complexity index is 214. The number of nitrogens with zero attached hydrogens (tertiary/aromatic N) is 2. The molecule has 14 heavy (non-hydrogen) atoms. The molecular formula is C10H21N3S. The Balaban J connectivity index is 2.59. The fourth-order valence-electron chi connectivity index (χ4n) is 1.44. The van der Waals surface area contributed by atoms with Gasteiger partial charge in [-0.05, 0) is 32.9 Å². The van der Waals surface area contributed by atoms with Crippen molar-refractivity contribution in [1.29, 1.82) is 0 Å². The van der Waals surface area contributed by atoms with Crippen LogP contribution in [0.15, 0.2) is 4.99 Å². The zero-order valence-corrected chi connectivity index (χ0v) is 10.4. The van der Waals surface area contributed by atoms with Crippen LogP contribution < -0.4 is 5.73 Å². The lowest BCUT2D eigenvalue weighted by Crippen LogP contribution is -2.43. The van der Waals surface area contributed by atoms with Gasteiger partial charge in [0.25, 0.3) is 0 Å². The normalized spacial score (nSPS) is 24.0. The summed E-state index contributed by atoms with van der Waals surface area (Å²) in [5.74, 6) is 3.10. The van der Waals surface area contributed by atoms with E-state index in [1.54, 1.807) is 0 Å². The Morgan fingerprint density at radius 3 is 2.57 bits per heavy atom. The van der Waals surface area contributed by atoms with Gasteiger partial charge in [-0.3, -0.25) is 0 Å². The molecule has 0 aromatic rings. The molecule has 3 nitrogen and oxygen atoms in total. The average Bonchev–Trinajstić information content (AvgIpc) is 2.51. The van der Waals surface area contributed by atoms with Crippen LogP contribution in [-0.2, 0) is 0 Å². The fourth-order valence-corrected chi connectivity index (χ4v) is 2.70. The SMILES string of the molecule is CN(C(N)=NC(C)(C)C)C1CCSC1. The zero-order valence-electron chi connectivity index (χ0n) is 9.58. The first-order valence-electron chi connectivity index (χ1n) is 5.06. The number of hydrogen-bond donors (Lipinski definition) is 1. The van der Waals surface area contributed by atoms with Crippen LogP contribution in [0.5, 0.6) is 0 Å². The number of rotatable bonds is 1. The molecule has 1 saturated heterocycles. The highest BCUT2D eigenvalue weighted by atomic mass is 32.2. The van der Waals surface area contributed by atoms with Gasteiger partial charge in [0.15, 0.2) is 5.96 Å². The van der Waals surface area contributed by atoms with Crippen molar-refractivity contribution in [3.63, 3.8) is 0 Å². The van der Waals surface area contributed by atoms with E-state index in [0.29, 0.717) is 12.0 Å². The van der Waals surface area contributed by atoms with Crippen molar-refractivity contribution in [2.24, 2.45) is 10.7 Å². The summed E-state index contributed by atoms with van der Waals surface area (Å²) >= 11 is 1.99. The second-order valence-electron chi connectivity index (χ2n) is 4.77. The summed E-state index contributed by atoms with van der Waals surface area (Å²) in [7, 11) is 2.04. The number of guanidine groups is 1. The van der Waals surface area contributed by atoms with Crippen molar-refractivity contribution < 1.29 is 0 Å². The van der Waals surface area contributed by atoms with Gasteiger partial charge in [0.05, 0.1) is 5.54 Å². The standard InChI is InChI=1S/C10H21N3S/c1-10(2,3)12-9(11)13(4)8-5-6-14-7-8/h8H,5-7H2,1-4H3,(H2,11,12). The first kappa shape index (κ1) is 11.7. The minimum Gasteiger partial charge on any atom is -0.370 e. The summed E-state index contributed by atoms with van der Waals surface area (Å²) in [5, 5.41) is 0. The van der Waals surface area contributed by atoms with E-state index in [9.17, 15) is 0 Å². The van der Waals surface area contributed by atoms with Crippen LogP contribution in [0.4, 0.5) is 0 Å². The smallest absolute Gasteiger partial charge is 0.191 e. The second kappa shape index (κ2) is 4.43. The molecule has 0 spiro atoms. The van der Waals surface area contributed by atoms with Crippen molar-refractivity contribution in [1.82, 2.24) is 4.90 Å². The van der Waals surface area contributed by atoms with Gasteiger partial charge in [-0.2, -0.15) is 11.8 Å². The maximum Gasteiger partial charge on any atom is 0.191 e. The maximum absolute atomic E-state index is 5.95. The topological polar surface area (TPSA) is 41.6 Å².